The molecule has 2 aromatic heterocycles. The van der Waals surface area contributed by atoms with E-state index in [9.17, 15) is 4.79 Å². The summed E-state index contributed by atoms with van der Waals surface area (Å²) in [5.41, 5.74) is 5.93. The lowest BCUT2D eigenvalue weighted by Crippen LogP contribution is -2.20. The zero-order valence-electron chi connectivity index (χ0n) is 20.2. The molecule has 8 heteroatoms. The number of ether oxygens (including phenoxy) is 3. The number of nitrogens with zero attached hydrogens (tertiary/aromatic N) is 4. The third-order valence-electron chi connectivity index (χ3n) is 6.77. The molecule has 0 aliphatic carbocycles. The van der Waals surface area contributed by atoms with Gasteiger partial charge in [-0.15, -0.1) is 0 Å². The summed E-state index contributed by atoms with van der Waals surface area (Å²) in [6, 6.07) is 3.88. The summed E-state index contributed by atoms with van der Waals surface area (Å²) in [5, 5.41) is 0. The molecule has 0 radical (unpaired) electrons. The van der Waals surface area contributed by atoms with Gasteiger partial charge in [-0.3, -0.25) is 0 Å². The first-order chi connectivity index (χ1) is 16.6. The van der Waals surface area contributed by atoms with Gasteiger partial charge in [0.05, 0.1) is 32.1 Å². The van der Waals surface area contributed by atoms with Crippen molar-refractivity contribution >= 4 is 11.9 Å². The summed E-state index contributed by atoms with van der Waals surface area (Å²) in [6.45, 7) is 6.85. The predicted molar refractivity (Wildman–Crippen MR) is 130 cm³/mol. The van der Waals surface area contributed by atoms with Crippen molar-refractivity contribution in [3.05, 3.63) is 41.3 Å². The molecule has 4 heterocycles. The Kier molecular flexibility index (Phi) is 5.89. The van der Waals surface area contributed by atoms with E-state index >= 15 is 0 Å². The van der Waals surface area contributed by atoms with Crippen LogP contribution in [0, 0.1) is 6.92 Å². The largest absolute Gasteiger partial charge is 0.497 e. The highest BCUT2D eigenvalue weighted by Crippen LogP contribution is 2.47. The number of carbonyl (C=O) groups excluding carboxylic acids is 1. The zero-order chi connectivity index (χ0) is 23.8. The predicted octanol–water partition coefficient (Wildman–Crippen LogP) is 4.27. The van der Waals surface area contributed by atoms with Gasteiger partial charge >= 0.3 is 5.97 Å². The van der Waals surface area contributed by atoms with Gasteiger partial charge in [-0.05, 0) is 44.7 Å². The first-order valence-electron chi connectivity index (χ1n) is 11.8. The van der Waals surface area contributed by atoms with Crippen molar-refractivity contribution in [2.24, 2.45) is 0 Å². The highest BCUT2D eigenvalue weighted by atomic mass is 16.5. The number of rotatable bonds is 6. The minimum atomic E-state index is -0.358. The first-order valence-corrected chi connectivity index (χ1v) is 11.8. The number of esters is 1. The van der Waals surface area contributed by atoms with Crippen LogP contribution in [-0.2, 0) is 17.7 Å². The van der Waals surface area contributed by atoms with Crippen LogP contribution in [0.3, 0.4) is 0 Å². The molecule has 1 fully saturated rings. The molecule has 0 atom stereocenters. The van der Waals surface area contributed by atoms with Gasteiger partial charge in [0.25, 0.3) is 0 Å². The van der Waals surface area contributed by atoms with Gasteiger partial charge in [-0.1, -0.05) is 0 Å². The molecule has 0 N–H and O–H groups in total. The maximum Gasteiger partial charge on any atom is 0.340 e. The van der Waals surface area contributed by atoms with Gasteiger partial charge in [-0.25, -0.2) is 14.8 Å². The summed E-state index contributed by atoms with van der Waals surface area (Å²) in [5.74, 6) is 1.78. The molecule has 1 aromatic carbocycles. The third-order valence-corrected chi connectivity index (χ3v) is 6.77. The van der Waals surface area contributed by atoms with Crippen molar-refractivity contribution in [2.45, 2.75) is 39.7 Å². The Morgan fingerprint density at radius 2 is 1.76 bits per heavy atom. The highest BCUT2D eigenvalue weighted by molar-refractivity contribution is 6.06. The van der Waals surface area contributed by atoms with E-state index in [-0.39, 0.29) is 5.97 Å². The van der Waals surface area contributed by atoms with Crippen LogP contribution in [0.2, 0.25) is 0 Å². The lowest BCUT2D eigenvalue weighted by atomic mass is 9.93. The Morgan fingerprint density at radius 3 is 2.41 bits per heavy atom. The van der Waals surface area contributed by atoms with E-state index in [0.29, 0.717) is 17.9 Å². The van der Waals surface area contributed by atoms with E-state index in [1.54, 1.807) is 14.2 Å². The van der Waals surface area contributed by atoms with E-state index in [1.807, 2.05) is 38.4 Å². The van der Waals surface area contributed by atoms with Crippen molar-refractivity contribution in [3.63, 3.8) is 0 Å². The number of carbonyl (C=O) groups is 1. The smallest absolute Gasteiger partial charge is 0.340 e. The summed E-state index contributed by atoms with van der Waals surface area (Å²) in [6.07, 6.45) is 6.77. The molecule has 178 valence electrons. The standard InChI is InChI=1S/C26H30N4O4/c1-5-34-25(31)23-21(18-14-27-26(28-15-18)29-9-6-7-10-29)16(2)30-11-8-17-12-19(32-3)13-20(33-4)22(17)24(23)30/h12-15H,5-11H2,1-4H3. The molecule has 2 aliphatic heterocycles. The fraction of sp³-hybridized carbons (Fsp3) is 0.423. The Hall–Kier alpha value is -3.55. The second kappa shape index (κ2) is 9.00. The normalized spacial score (nSPS) is 14.5. The van der Waals surface area contributed by atoms with Gasteiger partial charge in [0.1, 0.15) is 11.5 Å². The fourth-order valence-electron chi connectivity index (χ4n) is 5.18. The highest BCUT2D eigenvalue weighted by Gasteiger charge is 2.34. The molecule has 1 saturated heterocycles. The van der Waals surface area contributed by atoms with Gasteiger partial charge < -0.3 is 23.7 Å². The summed E-state index contributed by atoms with van der Waals surface area (Å²) < 4.78 is 19.0. The van der Waals surface area contributed by atoms with E-state index in [1.165, 1.54) is 0 Å². The summed E-state index contributed by atoms with van der Waals surface area (Å²) >= 11 is 0. The van der Waals surface area contributed by atoms with Crippen molar-refractivity contribution in [1.29, 1.82) is 0 Å². The van der Waals surface area contributed by atoms with Crippen LogP contribution < -0.4 is 14.4 Å². The monoisotopic (exact) mass is 462 g/mol. The second-order valence-electron chi connectivity index (χ2n) is 8.64. The van der Waals surface area contributed by atoms with E-state index in [4.69, 9.17) is 14.2 Å². The number of fused-ring (bicyclic) bond motifs is 3. The fourth-order valence-corrected chi connectivity index (χ4v) is 5.18. The lowest BCUT2D eigenvalue weighted by Gasteiger charge is -2.24. The quantitative estimate of drug-likeness (QED) is 0.506. The molecule has 0 bridgehead atoms. The SMILES string of the molecule is CCOC(=O)c1c(-c2cnc(N3CCCC3)nc2)c(C)n2c1-c1c(cc(OC)cc1OC)CC2. The number of aromatic nitrogens is 3. The molecule has 3 aromatic rings. The van der Waals surface area contributed by atoms with Crippen LogP contribution in [-0.4, -0.2) is 54.4 Å². The minimum absolute atomic E-state index is 0.291. The molecular weight excluding hydrogens is 432 g/mol. The van der Waals surface area contributed by atoms with Gasteiger partial charge in [0.2, 0.25) is 5.95 Å². The van der Waals surface area contributed by atoms with Crippen molar-refractivity contribution in [2.75, 3.05) is 38.8 Å². The summed E-state index contributed by atoms with van der Waals surface area (Å²) in [4.78, 5) is 24.9. The van der Waals surface area contributed by atoms with Crippen molar-refractivity contribution < 1.29 is 19.0 Å². The number of methoxy groups -OCH3 is 2. The van der Waals surface area contributed by atoms with Crippen LogP contribution >= 0.6 is 0 Å². The molecule has 5 rings (SSSR count). The van der Waals surface area contributed by atoms with Crippen LogP contribution in [0.1, 0.15) is 41.4 Å². The van der Waals surface area contributed by atoms with Crippen LogP contribution in [0.4, 0.5) is 5.95 Å². The zero-order valence-corrected chi connectivity index (χ0v) is 20.2. The average Bonchev–Trinajstić information content (AvgIpc) is 3.50. The van der Waals surface area contributed by atoms with E-state index in [2.05, 4.69) is 19.4 Å². The van der Waals surface area contributed by atoms with Crippen molar-refractivity contribution in [3.8, 4) is 33.9 Å². The molecule has 8 nitrogen and oxygen atoms in total. The molecule has 34 heavy (non-hydrogen) atoms. The Bertz CT molecular complexity index is 1210. The van der Waals surface area contributed by atoms with Gasteiger partial charge in [0, 0.05) is 60.5 Å². The maximum absolute atomic E-state index is 13.4. The summed E-state index contributed by atoms with van der Waals surface area (Å²) in [7, 11) is 3.28. The van der Waals surface area contributed by atoms with E-state index < -0.39 is 0 Å². The Labute approximate surface area is 199 Å². The molecule has 0 spiro atoms. The average molecular weight is 463 g/mol. The number of hydrogen-bond donors (Lipinski definition) is 0. The second-order valence-corrected chi connectivity index (χ2v) is 8.64. The topological polar surface area (TPSA) is 78.7 Å². The number of anilines is 1. The molecule has 2 aliphatic rings. The Balaban J connectivity index is 1.71. The maximum atomic E-state index is 13.4. The number of benzene rings is 1. The Morgan fingerprint density at radius 1 is 1.03 bits per heavy atom. The molecule has 0 unspecified atom stereocenters. The third kappa shape index (κ3) is 3.57. The van der Waals surface area contributed by atoms with Gasteiger partial charge in [-0.2, -0.15) is 0 Å². The number of hydrogen-bond acceptors (Lipinski definition) is 7. The van der Waals surface area contributed by atoms with Crippen LogP contribution in [0.15, 0.2) is 24.5 Å². The van der Waals surface area contributed by atoms with Gasteiger partial charge in [0.15, 0.2) is 0 Å². The van der Waals surface area contributed by atoms with Crippen molar-refractivity contribution in [1.82, 2.24) is 14.5 Å². The minimum Gasteiger partial charge on any atom is -0.497 e. The lowest BCUT2D eigenvalue weighted by molar-refractivity contribution is 0.0528. The first kappa shape index (κ1) is 22.3. The molecular formula is C26H30N4O4. The van der Waals surface area contributed by atoms with E-state index in [0.717, 1.165) is 84.2 Å². The number of aryl methyl sites for hydroxylation is 1. The van der Waals surface area contributed by atoms with Crippen LogP contribution in [0.25, 0.3) is 22.4 Å². The molecule has 0 saturated carbocycles. The van der Waals surface area contributed by atoms with Crippen LogP contribution in [0.5, 0.6) is 11.5 Å². The molecule has 0 amide bonds.